The molecule has 29 heteroatoms. The molecular weight excluding hydrogens is 1140 g/mol. The SMILES string of the molecule is CCCC[C@H](NC(=O)CNC(=O)[C@H](CC1CCCCC1)NC(=O)[C@@H](NC(=O)[C@H](CC(N)=O)NC(=O)[C@@H]1C[C@@H](O)CN1C(=O)[C@@H](Cc1ccc(O)cc1)NC(C)=O)[C@@H](C)O)C(=O)N[C@@H](CCCNC(N)=NC)C(=O)N[C@@H](Cc1c[nH]c2ccccc12)C(N)=O. The number of hydrogen-bond donors (Lipinski definition) is 16. The molecule has 29 nitrogen and oxygen atoms in total. The zero-order valence-corrected chi connectivity index (χ0v) is 50.2. The summed E-state index contributed by atoms with van der Waals surface area (Å²) in [6, 6.07) is 1.96. The van der Waals surface area contributed by atoms with E-state index in [2.05, 4.69) is 57.8 Å². The van der Waals surface area contributed by atoms with Crippen molar-refractivity contribution in [3.63, 3.8) is 0 Å². The normalized spacial score (nSPS) is 17.9. The predicted octanol–water partition coefficient (Wildman–Crippen LogP) is -2.63. The highest BCUT2D eigenvalue weighted by Crippen LogP contribution is 2.28. The van der Waals surface area contributed by atoms with Crippen LogP contribution >= 0.6 is 0 Å². The van der Waals surface area contributed by atoms with Crippen LogP contribution < -0.4 is 65.1 Å². The van der Waals surface area contributed by atoms with Gasteiger partial charge in [-0.05, 0) is 67.9 Å². The highest BCUT2D eigenvalue weighted by atomic mass is 16.3. The molecule has 1 saturated heterocycles. The highest BCUT2D eigenvalue weighted by molar-refractivity contribution is 5.99. The van der Waals surface area contributed by atoms with Crippen molar-refractivity contribution in [1.82, 2.24) is 57.7 Å². The number of hydrogen-bond acceptors (Lipinski definition) is 15. The number of carbonyl (C=O) groups is 11. The minimum Gasteiger partial charge on any atom is -0.508 e. The first-order valence-corrected chi connectivity index (χ1v) is 29.8. The molecule has 0 bridgehead atoms. The summed E-state index contributed by atoms with van der Waals surface area (Å²) in [7, 11) is 1.49. The lowest BCUT2D eigenvalue weighted by Crippen LogP contribution is -2.61. The number of guanidine groups is 1. The standard InChI is InChI=1S/C59H87N15O14/c1-5-6-16-41(53(83)69-42(18-12-23-64-59(62)63-4)54(84)70-43(51(61)81)26-36-29-65-40-17-11-10-15-39(36)40)68-49(80)30-66-52(82)44(24-34-13-8-7-9-14-34)72-57(87)50(32(2)75)73-55(85)45(28-48(60)79)71-56(86)47-27-38(78)31-74(47)58(88)46(67-33(3)76)25-35-19-21-37(77)22-20-35/h10-11,15,17,19-22,29,32,34,38,41-47,50,65,75,77-78H,5-9,12-14,16,18,23-28,30-31H2,1-4H3,(H2,60,79)(H2,61,81)(H,66,82)(H,67,76)(H,68,80)(H,69,83)(H,70,84)(H,71,86)(H,72,87)(H,73,85)(H3,62,63,64)/t32-,38-,41+,42+,43+,44+,45+,46-,47+,50+/m1/s1. The molecule has 88 heavy (non-hydrogen) atoms. The van der Waals surface area contributed by atoms with Crippen LogP contribution in [0.15, 0.2) is 59.7 Å². The second-order valence-corrected chi connectivity index (χ2v) is 22.5. The minimum atomic E-state index is -1.82. The molecule has 1 aromatic heterocycles. The summed E-state index contributed by atoms with van der Waals surface area (Å²) >= 11 is 0. The molecule has 10 atom stereocenters. The van der Waals surface area contributed by atoms with Crippen LogP contribution in [0.3, 0.4) is 0 Å². The number of amides is 11. The number of β-amino-alcohol motifs (C(OH)–C–C–N with tert-alkyl or cyclic N) is 1. The number of aromatic hydroxyl groups is 1. The number of nitrogens with one attached hydrogen (secondary N) is 10. The van der Waals surface area contributed by atoms with Gasteiger partial charge in [0.15, 0.2) is 5.96 Å². The Labute approximate surface area is 510 Å². The summed E-state index contributed by atoms with van der Waals surface area (Å²) in [5.74, 6) is -9.52. The molecule has 1 aliphatic heterocycles. The van der Waals surface area contributed by atoms with Gasteiger partial charge >= 0.3 is 0 Å². The number of nitrogens with zero attached hydrogens (tertiary/aromatic N) is 2. The Morgan fingerprint density at radius 1 is 0.716 bits per heavy atom. The number of nitrogens with two attached hydrogens (primary N) is 3. The molecule has 0 unspecified atom stereocenters. The first kappa shape index (κ1) is 69.9. The molecule has 5 rings (SSSR count). The number of phenols is 1. The molecule has 0 radical (unpaired) electrons. The number of phenolic OH excluding ortho intramolecular Hbond substituents is 1. The Bertz CT molecular complexity index is 2950. The number of H-pyrrole nitrogens is 1. The fourth-order valence-corrected chi connectivity index (χ4v) is 10.8. The first-order chi connectivity index (χ1) is 41.9. The average molecular weight is 1230 g/mol. The summed E-state index contributed by atoms with van der Waals surface area (Å²) in [5.41, 5.74) is 19.2. The van der Waals surface area contributed by atoms with Crippen LogP contribution in [0.1, 0.15) is 115 Å². The molecule has 2 aromatic carbocycles. The zero-order valence-electron chi connectivity index (χ0n) is 50.2. The van der Waals surface area contributed by atoms with Gasteiger partial charge in [-0.2, -0.15) is 0 Å². The van der Waals surface area contributed by atoms with E-state index in [1.54, 1.807) is 6.20 Å². The second kappa shape index (κ2) is 34.5. The van der Waals surface area contributed by atoms with E-state index in [1.807, 2.05) is 31.2 Å². The lowest BCUT2D eigenvalue weighted by Gasteiger charge is -2.30. The Hall–Kier alpha value is -8.86. The van der Waals surface area contributed by atoms with E-state index in [0.717, 1.165) is 40.6 Å². The smallest absolute Gasteiger partial charge is 0.246 e. The number of fused-ring (bicyclic) bond motifs is 1. The largest absolute Gasteiger partial charge is 0.508 e. The predicted molar refractivity (Wildman–Crippen MR) is 322 cm³/mol. The summed E-state index contributed by atoms with van der Waals surface area (Å²) < 4.78 is 0. The summed E-state index contributed by atoms with van der Waals surface area (Å²) in [6.45, 7) is 3.45. The first-order valence-electron chi connectivity index (χ1n) is 29.8. The van der Waals surface area contributed by atoms with Crippen molar-refractivity contribution >= 4 is 81.8 Å². The molecule has 19 N–H and O–H groups in total. The van der Waals surface area contributed by atoms with Crippen LogP contribution in [0.5, 0.6) is 5.75 Å². The summed E-state index contributed by atoms with van der Waals surface area (Å²) in [6.07, 6.45) is 3.31. The average Bonchev–Trinajstić information content (AvgIpc) is 2.01. The lowest BCUT2D eigenvalue weighted by molar-refractivity contribution is -0.142. The number of primary amides is 2. The summed E-state index contributed by atoms with van der Waals surface area (Å²) in [4.78, 5) is 158. The van der Waals surface area contributed by atoms with Crippen molar-refractivity contribution in [2.24, 2.45) is 28.1 Å². The number of carbonyl (C=O) groups excluding carboxylic acids is 11. The van der Waals surface area contributed by atoms with E-state index in [0.29, 0.717) is 37.7 Å². The van der Waals surface area contributed by atoms with E-state index in [9.17, 15) is 68.1 Å². The van der Waals surface area contributed by atoms with Crippen LogP contribution in [-0.2, 0) is 65.6 Å². The zero-order chi connectivity index (χ0) is 64.6. The minimum absolute atomic E-state index is 0.0389. The number of aliphatic hydroxyl groups excluding tert-OH is 2. The molecule has 0 spiro atoms. The maximum atomic E-state index is 14.2. The Kier molecular flexibility index (Phi) is 27.4. The van der Waals surface area contributed by atoms with Crippen LogP contribution in [0, 0.1) is 5.92 Å². The van der Waals surface area contributed by atoms with Gasteiger partial charge in [-0.1, -0.05) is 82.2 Å². The molecule has 482 valence electrons. The van der Waals surface area contributed by atoms with Gasteiger partial charge in [0, 0.05) is 63.4 Å². The topological polar surface area (TPSA) is 466 Å². The fraction of sp³-hybridized carbons (Fsp3) is 0.559. The molecule has 3 aromatic rings. The number of rotatable bonds is 33. The van der Waals surface area contributed by atoms with Gasteiger partial charge < -0.3 is 90.3 Å². The van der Waals surface area contributed by atoms with Crippen molar-refractivity contribution in [2.45, 2.75) is 178 Å². The van der Waals surface area contributed by atoms with Gasteiger partial charge in [0.05, 0.1) is 25.2 Å². The van der Waals surface area contributed by atoms with Crippen molar-refractivity contribution < 1.29 is 68.1 Å². The van der Waals surface area contributed by atoms with Gasteiger partial charge in [-0.15, -0.1) is 0 Å². The second-order valence-electron chi connectivity index (χ2n) is 22.5. The van der Waals surface area contributed by atoms with Gasteiger partial charge in [-0.3, -0.25) is 57.7 Å². The van der Waals surface area contributed by atoms with Gasteiger partial charge in [0.1, 0.15) is 54.1 Å². The van der Waals surface area contributed by atoms with E-state index < -0.39 is 138 Å². The summed E-state index contributed by atoms with van der Waals surface area (Å²) in [5, 5.41) is 55.6. The third kappa shape index (κ3) is 21.8. The van der Waals surface area contributed by atoms with Crippen LogP contribution in [-0.4, -0.2) is 183 Å². The monoisotopic (exact) mass is 1230 g/mol. The van der Waals surface area contributed by atoms with Crippen molar-refractivity contribution in [1.29, 1.82) is 0 Å². The van der Waals surface area contributed by atoms with Crippen molar-refractivity contribution in [3.05, 3.63) is 65.9 Å². The van der Waals surface area contributed by atoms with E-state index >= 15 is 0 Å². The number of aliphatic imine (C=N–C) groups is 1. The van der Waals surface area contributed by atoms with Crippen molar-refractivity contribution in [3.8, 4) is 5.75 Å². The van der Waals surface area contributed by atoms with Gasteiger partial charge in [0.2, 0.25) is 65.0 Å². The Morgan fingerprint density at radius 2 is 1.35 bits per heavy atom. The number of aromatic nitrogens is 1. The maximum Gasteiger partial charge on any atom is 0.246 e. The molecule has 11 amide bonds. The number of likely N-dealkylation sites (tertiary alicyclic amines) is 1. The maximum absolute atomic E-state index is 14.2. The van der Waals surface area contributed by atoms with E-state index in [1.165, 1.54) is 45.2 Å². The van der Waals surface area contributed by atoms with Crippen LogP contribution in [0.4, 0.5) is 0 Å². The number of benzene rings is 2. The van der Waals surface area contributed by atoms with Crippen molar-refractivity contribution in [2.75, 3.05) is 26.7 Å². The van der Waals surface area contributed by atoms with E-state index in [4.69, 9.17) is 17.2 Å². The highest BCUT2D eigenvalue weighted by Gasteiger charge is 2.43. The number of aliphatic hydroxyl groups is 2. The Morgan fingerprint density at radius 3 is 1.99 bits per heavy atom. The lowest BCUT2D eigenvalue weighted by atomic mass is 9.84. The third-order valence-electron chi connectivity index (χ3n) is 15.5. The Balaban J connectivity index is 1.27. The molecule has 1 saturated carbocycles. The molecule has 2 aliphatic rings. The van der Waals surface area contributed by atoms with E-state index in [-0.39, 0.29) is 69.2 Å². The number of aromatic amines is 1. The third-order valence-corrected chi connectivity index (χ3v) is 15.5. The molecule has 2 heterocycles. The number of unbranched alkanes of at least 4 members (excludes halogenated alkanes) is 1. The van der Waals surface area contributed by atoms with Gasteiger partial charge in [0.25, 0.3) is 0 Å². The fourth-order valence-electron chi connectivity index (χ4n) is 10.8. The van der Waals surface area contributed by atoms with Crippen LogP contribution in [0.2, 0.25) is 0 Å². The van der Waals surface area contributed by atoms with Crippen LogP contribution in [0.25, 0.3) is 10.9 Å². The number of para-hydroxylation sites is 1. The molecule has 1 aliphatic carbocycles. The molecule has 2 fully saturated rings. The molecular formula is C59H87N15O14. The van der Waals surface area contributed by atoms with Gasteiger partial charge in [-0.25, -0.2) is 0 Å². The quantitative estimate of drug-likeness (QED) is 0.0168.